The molecule has 0 aromatic heterocycles. The molecule has 0 saturated carbocycles. The Morgan fingerprint density at radius 3 is 2.79 bits per heavy atom. The van der Waals surface area contributed by atoms with E-state index in [-0.39, 0.29) is 28.8 Å². The molecule has 104 valence electrons. The Morgan fingerprint density at radius 2 is 2.26 bits per heavy atom. The number of nitrogens with one attached hydrogen (secondary N) is 1. The molecule has 6 nitrogen and oxygen atoms in total. The van der Waals surface area contributed by atoms with Crippen LogP contribution in [0.1, 0.15) is 17.3 Å². The molecular formula is C12H15ClN2O4. The van der Waals surface area contributed by atoms with Crippen molar-refractivity contribution >= 4 is 23.2 Å². The van der Waals surface area contributed by atoms with Crippen molar-refractivity contribution in [3.05, 3.63) is 33.9 Å². The Kier molecular flexibility index (Phi) is 5.57. The normalized spacial score (nSPS) is 11.7. The Balaban J connectivity index is 2.86. The largest absolute Gasteiger partial charge is 0.490 e. The van der Waals surface area contributed by atoms with Gasteiger partial charge in [0.1, 0.15) is 0 Å². The van der Waals surface area contributed by atoms with Crippen molar-refractivity contribution in [1.29, 1.82) is 0 Å². The number of benzene rings is 1. The maximum Gasteiger partial charge on any atom is 0.311 e. The number of nitro groups is 1. The number of methoxy groups -OCH3 is 1. The zero-order chi connectivity index (χ0) is 14.4. The van der Waals surface area contributed by atoms with Crippen LogP contribution in [0.4, 0.5) is 5.69 Å². The third-order valence-electron chi connectivity index (χ3n) is 2.51. The van der Waals surface area contributed by atoms with E-state index in [1.165, 1.54) is 25.3 Å². The predicted molar refractivity (Wildman–Crippen MR) is 71.9 cm³/mol. The maximum atomic E-state index is 11.8. The van der Waals surface area contributed by atoms with Gasteiger partial charge in [0.2, 0.25) is 0 Å². The van der Waals surface area contributed by atoms with Crippen molar-refractivity contribution in [2.75, 3.05) is 19.5 Å². The minimum atomic E-state index is -0.586. The van der Waals surface area contributed by atoms with Crippen LogP contribution < -0.4 is 10.1 Å². The molecule has 0 aliphatic rings. The smallest absolute Gasteiger partial charge is 0.311 e. The number of halogens is 1. The van der Waals surface area contributed by atoms with Crippen LogP contribution >= 0.6 is 11.6 Å². The van der Waals surface area contributed by atoms with E-state index in [0.717, 1.165) is 0 Å². The zero-order valence-electron chi connectivity index (χ0n) is 10.7. The Labute approximate surface area is 115 Å². The van der Waals surface area contributed by atoms with Crippen molar-refractivity contribution in [1.82, 2.24) is 5.32 Å². The molecule has 0 fully saturated rings. The number of hydrogen-bond donors (Lipinski definition) is 1. The van der Waals surface area contributed by atoms with Gasteiger partial charge in [0.25, 0.3) is 5.91 Å². The summed E-state index contributed by atoms with van der Waals surface area (Å²) >= 11 is 5.63. The molecule has 0 spiro atoms. The summed E-state index contributed by atoms with van der Waals surface area (Å²) in [4.78, 5) is 22.1. The van der Waals surface area contributed by atoms with Gasteiger partial charge in [-0.15, -0.1) is 11.6 Å². The fourth-order valence-corrected chi connectivity index (χ4v) is 1.51. The van der Waals surface area contributed by atoms with Crippen LogP contribution in [-0.2, 0) is 0 Å². The molecule has 0 radical (unpaired) electrons. The number of nitrogens with zero attached hydrogens (tertiary/aromatic N) is 1. The molecule has 1 aromatic rings. The summed E-state index contributed by atoms with van der Waals surface area (Å²) in [5.74, 6) is 0.320. The summed E-state index contributed by atoms with van der Waals surface area (Å²) in [5, 5.41) is 13.5. The molecule has 0 heterocycles. The lowest BCUT2D eigenvalue weighted by molar-refractivity contribution is -0.385. The summed E-state index contributed by atoms with van der Waals surface area (Å²) in [6, 6.07) is 4.07. The first-order valence-corrected chi connectivity index (χ1v) is 6.19. The van der Waals surface area contributed by atoms with Gasteiger partial charge >= 0.3 is 5.69 Å². The van der Waals surface area contributed by atoms with Crippen molar-refractivity contribution in [2.24, 2.45) is 5.92 Å². The Morgan fingerprint density at radius 1 is 1.58 bits per heavy atom. The van der Waals surface area contributed by atoms with Crippen molar-refractivity contribution in [2.45, 2.75) is 6.92 Å². The van der Waals surface area contributed by atoms with Gasteiger partial charge in [-0.25, -0.2) is 0 Å². The van der Waals surface area contributed by atoms with E-state index < -0.39 is 4.92 Å². The lowest BCUT2D eigenvalue weighted by Crippen LogP contribution is -2.28. The quantitative estimate of drug-likeness (QED) is 0.494. The van der Waals surface area contributed by atoms with Crippen LogP contribution in [0.2, 0.25) is 0 Å². The topological polar surface area (TPSA) is 81.5 Å². The van der Waals surface area contributed by atoms with Crippen molar-refractivity contribution in [3.63, 3.8) is 0 Å². The molecule has 7 heteroatoms. The summed E-state index contributed by atoms with van der Waals surface area (Å²) in [5.41, 5.74) is -0.0187. The average molecular weight is 287 g/mol. The van der Waals surface area contributed by atoms with Crippen LogP contribution in [-0.4, -0.2) is 30.4 Å². The number of alkyl halides is 1. The zero-order valence-corrected chi connectivity index (χ0v) is 11.4. The van der Waals surface area contributed by atoms with E-state index in [9.17, 15) is 14.9 Å². The minimum absolute atomic E-state index is 0.121. The van der Waals surface area contributed by atoms with Gasteiger partial charge in [-0.2, -0.15) is 0 Å². The third-order valence-corrected chi connectivity index (χ3v) is 3.04. The number of rotatable bonds is 6. The van der Waals surface area contributed by atoms with Gasteiger partial charge in [0.05, 0.1) is 12.0 Å². The van der Waals surface area contributed by atoms with E-state index >= 15 is 0 Å². The van der Waals surface area contributed by atoms with E-state index in [2.05, 4.69) is 5.32 Å². The van der Waals surface area contributed by atoms with Crippen LogP contribution in [0.3, 0.4) is 0 Å². The molecule has 0 aliphatic heterocycles. The molecule has 0 bridgehead atoms. The molecule has 0 saturated heterocycles. The minimum Gasteiger partial charge on any atom is -0.490 e. The second kappa shape index (κ2) is 6.94. The Bertz CT molecular complexity index is 479. The van der Waals surface area contributed by atoms with Crippen LogP contribution in [0.25, 0.3) is 0 Å². The number of amides is 1. The molecule has 1 N–H and O–H groups in total. The first kappa shape index (κ1) is 15.2. The summed E-state index contributed by atoms with van der Waals surface area (Å²) in [6.45, 7) is 2.31. The fourth-order valence-electron chi connectivity index (χ4n) is 1.40. The average Bonchev–Trinajstić information content (AvgIpc) is 2.43. The molecule has 19 heavy (non-hydrogen) atoms. The highest BCUT2D eigenvalue weighted by molar-refractivity contribution is 6.18. The van der Waals surface area contributed by atoms with Gasteiger partial charge < -0.3 is 10.1 Å². The molecule has 1 amide bonds. The predicted octanol–water partition coefficient (Wildman–Crippen LogP) is 2.21. The molecule has 1 rings (SSSR count). The monoisotopic (exact) mass is 286 g/mol. The molecule has 1 unspecified atom stereocenters. The molecule has 1 atom stereocenters. The number of ether oxygens (including phenoxy) is 1. The van der Waals surface area contributed by atoms with Gasteiger partial charge in [-0.05, 0) is 18.1 Å². The number of nitro benzene ring substituents is 1. The first-order valence-electron chi connectivity index (χ1n) is 5.66. The second-order valence-electron chi connectivity index (χ2n) is 4.11. The van der Waals surface area contributed by atoms with Gasteiger partial charge in [-0.1, -0.05) is 6.92 Å². The first-order chi connectivity index (χ1) is 8.99. The van der Waals surface area contributed by atoms with Crippen LogP contribution in [0, 0.1) is 16.0 Å². The summed E-state index contributed by atoms with van der Waals surface area (Å²) < 4.78 is 4.87. The van der Waals surface area contributed by atoms with E-state index in [1.807, 2.05) is 6.92 Å². The fraction of sp³-hybridized carbons (Fsp3) is 0.417. The van der Waals surface area contributed by atoms with Gasteiger partial charge in [-0.3, -0.25) is 14.9 Å². The van der Waals surface area contributed by atoms with Crippen molar-refractivity contribution in [3.8, 4) is 5.75 Å². The second-order valence-corrected chi connectivity index (χ2v) is 4.42. The standard InChI is InChI=1S/C12H15ClN2O4/c1-8(6-13)7-14-12(16)9-3-4-11(19-2)10(5-9)15(17)18/h3-5,8H,6-7H2,1-2H3,(H,14,16). The van der Waals surface area contributed by atoms with Crippen molar-refractivity contribution < 1.29 is 14.5 Å². The Hall–Kier alpha value is -1.82. The van der Waals surface area contributed by atoms with Gasteiger partial charge in [0.15, 0.2) is 5.75 Å². The molecular weight excluding hydrogens is 272 g/mol. The molecule has 0 aliphatic carbocycles. The van der Waals surface area contributed by atoms with E-state index in [4.69, 9.17) is 16.3 Å². The highest BCUT2D eigenvalue weighted by atomic mass is 35.5. The third kappa shape index (κ3) is 4.10. The van der Waals surface area contributed by atoms with Gasteiger partial charge in [0, 0.05) is 24.1 Å². The highest BCUT2D eigenvalue weighted by Crippen LogP contribution is 2.27. The number of hydrogen-bond acceptors (Lipinski definition) is 4. The number of carbonyl (C=O) groups is 1. The maximum absolute atomic E-state index is 11.8. The summed E-state index contributed by atoms with van der Waals surface area (Å²) in [6.07, 6.45) is 0. The van der Waals surface area contributed by atoms with Crippen LogP contribution in [0.5, 0.6) is 5.75 Å². The molecule has 1 aromatic carbocycles. The number of carbonyl (C=O) groups excluding carboxylic acids is 1. The lowest BCUT2D eigenvalue weighted by Gasteiger charge is -2.09. The van der Waals surface area contributed by atoms with E-state index in [0.29, 0.717) is 12.4 Å². The summed E-state index contributed by atoms with van der Waals surface area (Å²) in [7, 11) is 1.34. The van der Waals surface area contributed by atoms with Crippen LogP contribution in [0.15, 0.2) is 18.2 Å². The van der Waals surface area contributed by atoms with E-state index in [1.54, 1.807) is 0 Å². The highest BCUT2D eigenvalue weighted by Gasteiger charge is 2.18. The SMILES string of the molecule is COc1ccc(C(=O)NCC(C)CCl)cc1[N+](=O)[O-]. The lowest BCUT2D eigenvalue weighted by atomic mass is 10.1.